The van der Waals surface area contributed by atoms with Crippen LogP contribution in [0, 0.1) is 0 Å². The van der Waals surface area contributed by atoms with Gasteiger partial charge in [0.25, 0.3) is 0 Å². The molecule has 0 radical (unpaired) electrons. The number of carboxylic acid groups (broad SMARTS) is 2. The molecule has 0 aromatic heterocycles. The van der Waals surface area contributed by atoms with E-state index >= 15 is 0 Å². The summed E-state index contributed by atoms with van der Waals surface area (Å²) >= 11 is 2.39. The fourth-order valence-electron chi connectivity index (χ4n) is 8.04. The van der Waals surface area contributed by atoms with E-state index in [1.807, 2.05) is 62.4 Å². The molecular weight excluding hydrogens is 993 g/mol. The zero-order chi connectivity index (χ0) is 54.1. The Morgan fingerprint density at radius 1 is 0.568 bits per heavy atom. The highest BCUT2D eigenvalue weighted by molar-refractivity contribution is 8.17. The molecule has 0 spiro atoms. The van der Waals surface area contributed by atoms with Gasteiger partial charge in [0.15, 0.2) is 12.2 Å². The Morgan fingerprint density at radius 2 is 0.878 bits per heavy atom. The van der Waals surface area contributed by atoms with Crippen LogP contribution >= 0.6 is 23.5 Å². The number of ether oxygens (including phenoxy) is 4. The number of thioether (sulfide) groups is 2. The standard InChI is InChI=1S/C50H74N4O8S2.C4H6O6/c1-41(47(23-31-59-3)63-49(57)45-19-15-43(16-20-45)37-51-27-33-61-34-28-51)53(39-55)25-13-11-9-7-5-6-8-10-12-14-26-54(40-56)42(2)48(24-32-60-4)64-50(58)46-21-17-44(18-22-46)38-52-29-35-62-36-30-52;5-1(3(7)8)2(6)4(9)10/h15-22,39-40H,5-14,23-38H2,1-4H3;1-2,5-6H,(H,7,8)(H,9,10)/b47-41-,48-42-;. The van der Waals surface area contributed by atoms with Gasteiger partial charge in [-0.1, -0.05) is 99.9 Å². The lowest BCUT2D eigenvalue weighted by atomic mass is 10.1. The van der Waals surface area contributed by atoms with Gasteiger partial charge in [-0.3, -0.25) is 29.0 Å². The molecule has 2 aliphatic heterocycles. The SMILES string of the molecule is COCC/C(SC(=O)c1ccc(CN2CCOCC2)cc1)=C(\C)N(C=O)CCCCCCCCCCCCN(C=O)/C(C)=C(/CCOC)SC(=O)c1ccc(CN2CCOCC2)cc1.O=C(O)C(O)C(O)C(=O)O. The lowest BCUT2D eigenvalue weighted by Crippen LogP contribution is -2.39. The number of methoxy groups -OCH3 is 2. The van der Waals surface area contributed by atoms with Gasteiger partial charge < -0.3 is 49.2 Å². The minimum Gasteiger partial charge on any atom is -0.479 e. The van der Waals surface area contributed by atoms with E-state index in [9.17, 15) is 28.8 Å². The molecule has 4 N–H and O–H groups in total. The summed E-state index contributed by atoms with van der Waals surface area (Å²) < 4.78 is 21.6. The number of aliphatic hydroxyl groups excluding tert-OH is 2. The fraction of sp³-hybridized carbons (Fsp3) is 0.593. The van der Waals surface area contributed by atoms with Crippen molar-refractivity contribution in [3.8, 4) is 0 Å². The molecule has 2 fully saturated rings. The molecule has 2 aromatic carbocycles. The molecule has 0 bridgehead atoms. The molecule has 74 heavy (non-hydrogen) atoms. The van der Waals surface area contributed by atoms with Gasteiger partial charge in [0.1, 0.15) is 0 Å². The Kier molecular flexibility index (Phi) is 32.2. The molecule has 2 saturated heterocycles. The molecule has 0 aliphatic carbocycles. The molecule has 0 saturated carbocycles. The summed E-state index contributed by atoms with van der Waals surface area (Å²) in [6, 6.07) is 15.7. The summed E-state index contributed by atoms with van der Waals surface area (Å²) in [6.07, 6.45) is 9.16. The first-order valence-corrected chi connectivity index (χ1v) is 27.2. The van der Waals surface area contributed by atoms with Crippen molar-refractivity contribution in [2.24, 2.45) is 0 Å². The van der Waals surface area contributed by atoms with E-state index < -0.39 is 24.1 Å². The van der Waals surface area contributed by atoms with Gasteiger partial charge in [-0.25, -0.2) is 9.59 Å². The third-order valence-corrected chi connectivity index (χ3v) is 15.0. The molecule has 2 heterocycles. The zero-order valence-corrected chi connectivity index (χ0v) is 45.4. The molecule has 4 rings (SSSR count). The predicted octanol–water partition coefficient (Wildman–Crippen LogP) is 7.03. The number of carbonyl (C=O) groups is 6. The van der Waals surface area contributed by atoms with Crippen LogP contribution in [-0.2, 0) is 51.2 Å². The molecule has 2 aromatic rings. The van der Waals surface area contributed by atoms with Crippen molar-refractivity contribution in [3.63, 3.8) is 0 Å². The minimum atomic E-state index is -2.27. The molecule has 412 valence electrons. The van der Waals surface area contributed by atoms with Crippen molar-refractivity contribution < 1.29 is 68.1 Å². The van der Waals surface area contributed by atoms with Gasteiger partial charge >= 0.3 is 11.9 Å². The highest BCUT2D eigenvalue weighted by atomic mass is 32.2. The first-order valence-electron chi connectivity index (χ1n) is 25.6. The van der Waals surface area contributed by atoms with Gasteiger partial charge in [0, 0.05) is 112 Å². The van der Waals surface area contributed by atoms with E-state index in [2.05, 4.69) is 9.80 Å². The Bertz CT molecular complexity index is 1920. The predicted molar refractivity (Wildman–Crippen MR) is 286 cm³/mol. The van der Waals surface area contributed by atoms with Crippen LogP contribution in [0.2, 0.25) is 0 Å². The maximum absolute atomic E-state index is 13.3. The van der Waals surface area contributed by atoms with Crippen LogP contribution in [0.3, 0.4) is 0 Å². The molecule has 2 unspecified atom stereocenters. The van der Waals surface area contributed by atoms with Crippen LogP contribution in [-0.4, -0.2) is 180 Å². The van der Waals surface area contributed by atoms with Crippen LogP contribution in [0.15, 0.2) is 69.7 Å². The number of aliphatic carboxylic acids is 2. The number of carboxylic acids is 2. The first kappa shape index (κ1) is 63.8. The van der Waals surface area contributed by atoms with Crippen molar-refractivity contribution in [1.82, 2.24) is 19.6 Å². The summed E-state index contributed by atoms with van der Waals surface area (Å²) in [4.78, 5) is 80.5. The van der Waals surface area contributed by atoms with Crippen molar-refractivity contribution in [2.45, 2.75) is 116 Å². The summed E-state index contributed by atoms with van der Waals surface area (Å²) in [5, 5.41) is 32.5. The normalized spacial score (nSPS) is 15.6. The second-order valence-corrected chi connectivity index (χ2v) is 20.3. The summed E-state index contributed by atoms with van der Waals surface area (Å²) in [6.45, 7) is 14.4. The first-order chi connectivity index (χ1) is 35.7. The number of carbonyl (C=O) groups excluding carboxylic acids is 4. The second-order valence-electron chi connectivity index (χ2n) is 18.2. The lowest BCUT2D eigenvalue weighted by molar-refractivity contribution is -0.165. The van der Waals surface area contributed by atoms with Crippen LogP contribution in [0.5, 0.6) is 0 Å². The lowest BCUT2D eigenvalue weighted by Gasteiger charge is -2.26. The fourth-order valence-corrected chi connectivity index (χ4v) is 9.89. The molecular formula is C54H80N4O14S2. The van der Waals surface area contributed by atoms with Gasteiger partial charge in [0.05, 0.1) is 39.6 Å². The van der Waals surface area contributed by atoms with Crippen molar-refractivity contribution in [1.29, 1.82) is 0 Å². The number of benzene rings is 2. The second kappa shape index (κ2) is 37.3. The van der Waals surface area contributed by atoms with Gasteiger partial charge in [-0.05, 0) is 61.3 Å². The van der Waals surface area contributed by atoms with Crippen molar-refractivity contribution in [2.75, 3.05) is 93.1 Å². The van der Waals surface area contributed by atoms with E-state index in [1.165, 1.54) is 47.5 Å². The minimum absolute atomic E-state index is 0.0334. The molecule has 2 atom stereocenters. The Morgan fingerprint density at radius 3 is 1.16 bits per heavy atom. The average Bonchev–Trinajstić information content (AvgIpc) is 3.41. The Balaban J connectivity index is 0.00000130. The van der Waals surface area contributed by atoms with Crippen LogP contribution in [0.25, 0.3) is 0 Å². The van der Waals surface area contributed by atoms with E-state index in [0.29, 0.717) is 50.3 Å². The third kappa shape index (κ3) is 24.5. The highest BCUT2D eigenvalue weighted by Crippen LogP contribution is 2.31. The number of nitrogens with zero attached hydrogens (tertiary/aromatic N) is 4. The molecule has 2 aliphatic rings. The summed E-state index contributed by atoms with van der Waals surface area (Å²) in [5.41, 5.74) is 5.27. The van der Waals surface area contributed by atoms with E-state index in [0.717, 1.165) is 151 Å². The Hall–Kier alpha value is -4.48. The molecule has 18 nitrogen and oxygen atoms in total. The van der Waals surface area contributed by atoms with Crippen molar-refractivity contribution >= 4 is 58.5 Å². The zero-order valence-electron chi connectivity index (χ0n) is 43.8. The largest absolute Gasteiger partial charge is 0.479 e. The van der Waals surface area contributed by atoms with Crippen LogP contribution in [0.1, 0.15) is 123 Å². The monoisotopic (exact) mass is 1070 g/mol. The summed E-state index contributed by atoms with van der Waals surface area (Å²) in [5.74, 6) is -3.54. The van der Waals surface area contributed by atoms with Gasteiger partial charge in [0.2, 0.25) is 23.1 Å². The number of morpholine rings is 2. The number of unbranched alkanes of at least 4 members (excludes halogenated alkanes) is 9. The average molecular weight is 1070 g/mol. The molecule has 2 amide bonds. The number of hydrogen-bond acceptors (Lipinski definition) is 16. The number of rotatable bonds is 34. The topological polar surface area (TPSA) is 233 Å². The van der Waals surface area contributed by atoms with E-state index in [-0.39, 0.29) is 10.2 Å². The number of amides is 2. The number of hydrogen-bond donors (Lipinski definition) is 4. The van der Waals surface area contributed by atoms with Gasteiger partial charge in [-0.2, -0.15) is 0 Å². The quantitative estimate of drug-likeness (QED) is 0.0407. The Labute approximate surface area is 445 Å². The van der Waals surface area contributed by atoms with Crippen LogP contribution in [0.4, 0.5) is 0 Å². The van der Waals surface area contributed by atoms with Crippen LogP contribution < -0.4 is 0 Å². The van der Waals surface area contributed by atoms with Gasteiger partial charge in [-0.15, -0.1) is 0 Å². The number of aliphatic hydroxyl groups is 2. The smallest absolute Gasteiger partial charge is 0.335 e. The van der Waals surface area contributed by atoms with Crippen molar-refractivity contribution in [3.05, 3.63) is 92.0 Å². The van der Waals surface area contributed by atoms with E-state index in [4.69, 9.17) is 39.4 Å². The van der Waals surface area contributed by atoms with E-state index in [1.54, 1.807) is 24.0 Å². The highest BCUT2D eigenvalue weighted by Gasteiger charge is 2.29. The third-order valence-electron chi connectivity index (χ3n) is 12.7. The molecule has 20 heteroatoms. The maximum atomic E-state index is 13.3. The maximum Gasteiger partial charge on any atom is 0.335 e. The summed E-state index contributed by atoms with van der Waals surface area (Å²) in [7, 11) is 3.30. The number of allylic oxidation sites excluding steroid dienone is 2.